The van der Waals surface area contributed by atoms with Gasteiger partial charge in [-0.1, -0.05) is 37.3 Å². The number of nitrogens with one attached hydrogen (secondary N) is 1. The Morgan fingerprint density at radius 1 is 1.03 bits per heavy atom. The lowest BCUT2D eigenvalue weighted by Crippen LogP contribution is -2.28. The first-order valence-corrected chi connectivity index (χ1v) is 10.1. The highest BCUT2D eigenvalue weighted by Gasteiger charge is 2.19. The average molecular weight is 390 g/mol. The summed E-state index contributed by atoms with van der Waals surface area (Å²) in [5.41, 5.74) is 3.11. The Morgan fingerprint density at radius 2 is 1.86 bits per heavy atom. The molecule has 0 fully saturated rings. The number of benzene rings is 1. The zero-order valence-corrected chi connectivity index (χ0v) is 16.7. The van der Waals surface area contributed by atoms with Gasteiger partial charge in [0.25, 0.3) is 5.91 Å². The van der Waals surface area contributed by atoms with Gasteiger partial charge in [0, 0.05) is 38.8 Å². The number of amides is 1. The highest BCUT2D eigenvalue weighted by atomic mass is 16.1. The Hall–Kier alpha value is -3.06. The molecule has 1 amide bonds. The molecule has 1 aliphatic rings. The van der Waals surface area contributed by atoms with Crippen LogP contribution in [-0.2, 0) is 32.5 Å². The van der Waals surface area contributed by atoms with Crippen molar-refractivity contribution in [3.05, 3.63) is 77.1 Å². The van der Waals surface area contributed by atoms with E-state index in [9.17, 15) is 4.79 Å². The lowest BCUT2D eigenvalue weighted by molar-refractivity contribution is 0.0944. The predicted molar refractivity (Wildman–Crippen MR) is 110 cm³/mol. The second-order valence-electron chi connectivity index (χ2n) is 7.28. The van der Waals surface area contributed by atoms with Gasteiger partial charge in [-0.25, -0.2) is 0 Å². The molecule has 0 unspecified atom stereocenters. The minimum atomic E-state index is -0.200. The molecule has 3 aromatic rings. The number of pyridine rings is 1. The maximum Gasteiger partial charge on any atom is 0.270 e. The van der Waals surface area contributed by atoms with Crippen molar-refractivity contribution in [2.24, 2.45) is 0 Å². The smallest absolute Gasteiger partial charge is 0.270 e. The van der Waals surface area contributed by atoms with Gasteiger partial charge in [0.2, 0.25) is 0 Å². The zero-order chi connectivity index (χ0) is 20.1. The van der Waals surface area contributed by atoms with E-state index in [0.29, 0.717) is 12.2 Å². The summed E-state index contributed by atoms with van der Waals surface area (Å²) in [7, 11) is 0. The van der Waals surface area contributed by atoms with Crippen LogP contribution in [0.25, 0.3) is 0 Å². The number of rotatable bonds is 6. The molecule has 0 saturated carbocycles. The number of carbonyl (C=O) groups is 1. The van der Waals surface area contributed by atoms with E-state index in [1.54, 1.807) is 24.4 Å². The highest BCUT2D eigenvalue weighted by Crippen LogP contribution is 2.13. The summed E-state index contributed by atoms with van der Waals surface area (Å²) >= 11 is 0. The van der Waals surface area contributed by atoms with Crippen LogP contribution >= 0.6 is 0 Å². The van der Waals surface area contributed by atoms with E-state index in [2.05, 4.69) is 61.2 Å². The van der Waals surface area contributed by atoms with Crippen LogP contribution < -0.4 is 5.32 Å². The molecule has 0 radical (unpaired) electrons. The second kappa shape index (κ2) is 8.96. The summed E-state index contributed by atoms with van der Waals surface area (Å²) in [5, 5.41) is 11.5. The lowest BCUT2D eigenvalue weighted by Gasteiger charge is -2.19. The van der Waals surface area contributed by atoms with Crippen molar-refractivity contribution < 1.29 is 4.79 Å². The molecule has 4 rings (SSSR count). The van der Waals surface area contributed by atoms with Gasteiger partial charge in [-0.05, 0) is 29.7 Å². The molecule has 0 atom stereocenters. The molecular weight excluding hydrogens is 364 g/mol. The molecule has 0 bridgehead atoms. The minimum absolute atomic E-state index is 0.200. The second-order valence-corrected chi connectivity index (χ2v) is 7.28. The first-order valence-electron chi connectivity index (χ1n) is 10.1. The first kappa shape index (κ1) is 19.3. The van der Waals surface area contributed by atoms with Crippen LogP contribution in [0.3, 0.4) is 0 Å². The summed E-state index contributed by atoms with van der Waals surface area (Å²) in [4.78, 5) is 18.8. The van der Waals surface area contributed by atoms with Crippen LogP contribution in [0.5, 0.6) is 0 Å². The largest absolute Gasteiger partial charge is 0.343 e. The Balaban J connectivity index is 1.35. The molecule has 2 aromatic heterocycles. The Morgan fingerprint density at radius 3 is 2.62 bits per heavy atom. The van der Waals surface area contributed by atoms with Gasteiger partial charge in [0.1, 0.15) is 11.5 Å². The molecule has 7 nitrogen and oxygen atoms in total. The normalized spacial score (nSPS) is 14.2. The fourth-order valence-electron chi connectivity index (χ4n) is 3.60. The molecule has 1 aliphatic heterocycles. The molecule has 7 heteroatoms. The van der Waals surface area contributed by atoms with Gasteiger partial charge in [0.15, 0.2) is 5.82 Å². The molecular formula is C22H26N6O. The fourth-order valence-corrected chi connectivity index (χ4v) is 3.60. The Kier molecular flexibility index (Phi) is 5.95. The predicted octanol–water partition coefficient (Wildman–Crippen LogP) is 2.22. The first-order chi connectivity index (χ1) is 14.2. The monoisotopic (exact) mass is 390 g/mol. The number of aryl methyl sites for hydroxylation is 1. The van der Waals surface area contributed by atoms with Gasteiger partial charge in [-0.15, -0.1) is 10.2 Å². The molecule has 1 N–H and O–H groups in total. The van der Waals surface area contributed by atoms with Crippen molar-refractivity contribution in [2.45, 2.75) is 39.4 Å². The number of carbonyl (C=O) groups excluding carboxylic acids is 1. The molecule has 0 aliphatic carbocycles. The van der Waals surface area contributed by atoms with E-state index < -0.39 is 0 Å². The molecule has 150 valence electrons. The van der Waals surface area contributed by atoms with Gasteiger partial charge in [0.05, 0.1) is 6.54 Å². The van der Waals surface area contributed by atoms with Crippen molar-refractivity contribution >= 4 is 5.91 Å². The summed E-state index contributed by atoms with van der Waals surface area (Å²) in [6, 6.07) is 14.2. The SMILES string of the molecule is CCc1ccc(CN2CCc3nnc(CNC(=O)c4ccccn4)n3CC2)cc1. The van der Waals surface area contributed by atoms with Crippen LogP contribution in [0, 0.1) is 0 Å². The van der Waals surface area contributed by atoms with E-state index in [1.165, 1.54) is 11.1 Å². The number of nitrogens with zero attached hydrogens (tertiary/aromatic N) is 5. The average Bonchev–Trinajstić information content (AvgIpc) is 3.05. The van der Waals surface area contributed by atoms with Gasteiger partial charge in [-0.3, -0.25) is 14.7 Å². The summed E-state index contributed by atoms with van der Waals surface area (Å²) in [6.07, 6.45) is 3.54. The van der Waals surface area contributed by atoms with Crippen molar-refractivity contribution in [1.82, 2.24) is 30.0 Å². The van der Waals surface area contributed by atoms with E-state index in [1.807, 2.05) is 0 Å². The number of hydrogen-bond acceptors (Lipinski definition) is 5. The summed E-state index contributed by atoms with van der Waals surface area (Å²) in [5.74, 6) is 1.57. The molecule has 1 aromatic carbocycles. The topological polar surface area (TPSA) is 75.9 Å². The number of hydrogen-bond donors (Lipinski definition) is 1. The quantitative estimate of drug-likeness (QED) is 0.699. The fraction of sp³-hybridized carbons (Fsp3) is 0.364. The maximum absolute atomic E-state index is 12.2. The summed E-state index contributed by atoms with van der Waals surface area (Å²) in [6.45, 7) is 6.17. The zero-order valence-electron chi connectivity index (χ0n) is 16.7. The Labute approximate surface area is 170 Å². The third kappa shape index (κ3) is 4.68. The third-order valence-corrected chi connectivity index (χ3v) is 5.34. The van der Waals surface area contributed by atoms with E-state index in [-0.39, 0.29) is 5.91 Å². The number of fused-ring (bicyclic) bond motifs is 1. The molecule has 3 heterocycles. The standard InChI is InChI=1S/C22H26N6O/c1-2-17-6-8-18(9-7-17)16-27-12-10-20-25-26-21(28(20)14-13-27)15-24-22(29)19-5-3-4-11-23-19/h3-9,11H,2,10,12-16H2,1H3,(H,24,29). The van der Waals surface area contributed by atoms with Crippen molar-refractivity contribution in [2.75, 3.05) is 13.1 Å². The van der Waals surface area contributed by atoms with E-state index >= 15 is 0 Å². The van der Waals surface area contributed by atoms with Crippen LogP contribution in [-0.4, -0.2) is 43.6 Å². The Bertz CT molecular complexity index is 951. The minimum Gasteiger partial charge on any atom is -0.343 e. The van der Waals surface area contributed by atoms with Crippen molar-refractivity contribution in [3.8, 4) is 0 Å². The third-order valence-electron chi connectivity index (χ3n) is 5.34. The van der Waals surface area contributed by atoms with Gasteiger partial charge < -0.3 is 9.88 Å². The molecule has 29 heavy (non-hydrogen) atoms. The van der Waals surface area contributed by atoms with Gasteiger partial charge in [-0.2, -0.15) is 0 Å². The molecule has 0 saturated heterocycles. The van der Waals surface area contributed by atoms with Crippen molar-refractivity contribution in [3.63, 3.8) is 0 Å². The highest BCUT2D eigenvalue weighted by molar-refractivity contribution is 5.92. The van der Waals surface area contributed by atoms with Crippen molar-refractivity contribution in [1.29, 1.82) is 0 Å². The van der Waals surface area contributed by atoms with Crippen LogP contribution in [0.15, 0.2) is 48.7 Å². The van der Waals surface area contributed by atoms with E-state index in [4.69, 9.17) is 0 Å². The van der Waals surface area contributed by atoms with Crippen LogP contribution in [0.1, 0.15) is 40.2 Å². The van der Waals surface area contributed by atoms with Crippen LogP contribution in [0.4, 0.5) is 0 Å². The lowest BCUT2D eigenvalue weighted by atomic mass is 10.1. The van der Waals surface area contributed by atoms with E-state index in [0.717, 1.165) is 50.7 Å². The maximum atomic E-state index is 12.2. The van der Waals surface area contributed by atoms with Crippen LogP contribution in [0.2, 0.25) is 0 Å². The molecule has 0 spiro atoms. The van der Waals surface area contributed by atoms with Gasteiger partial charge >= 0.3 is 0 Å². The summed E-state index contributed by atoms with van der Waals surface area (Å²) < 4.78 is 2.14. The number of aromatic nitrogens is 4.